The molecule has 1 saturated heterocycles. The van der Waals surface area contributed by atoms with Crippen molar-refractivity contribution in [2.24, 2.45) is 0 Å². The molecule has 5 heteroatoms. The number of allylic oxidation sites excluding steroid dienone is 1. The zero-order valence-electron chi connectivity index (χ0n) is 14.5. The third-order valence-electron chi connectivity index (χ3n) is 4.23. The highest BCUT2D eigenvalue weighted by Crippen LogP contribution is 2.20. The molecule has 0 N–H and O–H groups in total. The molecule has 0 spiro atoms. The number of para-hydroxylation sites is 1. The molecular formula is C19H28F2N2O. The summed E-state index contributed by atoms with van der Waals surface area (Å²) in [4.78, 5) is 4.14. The highest BCUT2D eigenvalue weighted by atomic mass is 19.3. The zero-order valence-corrected chi connectivity index (χ0v) is 14.5. The highest BCUT2D eigenvalue weighted by Gasteiger charge is 2.15. The molecule has 24 heavy (non-hydrogen) atoms. The first-order chi connectivity index (χ1) is 11.7. The minimum Gasteiger partial charge on any atom is -0.492 e. The lowest BCUT2D eigenvalue weighted by Gasteiger charge is -2.22. The van der Waals surface area contributed by atoms with Crippen molar-refractivity contribution in [1.29, 1.82) is 0 Å². The van der Waals surface area contributed by atoms with Gasteiger partial charge in [0.2, 0.25) is 0 Å². The van der Waals surface area contributed by atoms with E-state index in [1.54, 1.807) is 4.90 Å². The minimum atomic E-state index is -2.33. The second-order valence-corrected chi connectivity index (χ2v) is 6.16. The molecule has 0 amide bonds. The van der Waals surface area contributed by atoms with Crippen LogP contribution in [0.3, 0.4) is 0 Å². The molecule has 1 aliphatic rings. The van der Waals surface area contributed by atoms with E-state index >= 15 is 0 Å². The number of alkyl halides is 2. The Kier molecular flexibility index (Phi) is 8.19. The van der Waals surface area contributed by atoms with Crippen molar-refractivity contribution < 1.29 is 13.5 Å². The van der Waals surface area contributed by atoms with Crippen LogP contribution in [0.2, 0.25) is 0 Å². The predicted octanol–water partition coefficient (Wildman–Crippen LogP) is 3.80. The number of likely N-dealkylation sites (tertiary alicyclic amines) is 1. The normalized spacial score (nSPS) is 15.9. The van der Waals surface area contributed by atoms with Crippen molar-refractivity contribution in [3.8, 4) is 5.75 Å². The quantitative estimate of drug-likeness (QED) is 0.604. The van der Waals surface area contributed by atoms with Gasteiger partial charge in [0, 0.05) is 25.2 Å². The predicted molar refractivity (Wildman–Crippen MR) is 93.7 cm³/mol. The molecule has 0 saturated carbocycles. The smallest absolute Gasteiger partial charge is 0.251 e. The molecule has 0 unspecified atom stereocenters. The van der Waals surface area contributed by atoms with E-state index in [0.29, 0.717) is 19.7 Å². The van der Waals surface area contributed by atoms with Gasteiger partial charge in [0.15, 0.2) is 0 Å². The van der Waals surface area contributed by atoms with Gasteiger partial charge in [-0.1, -0.05) is 30.4 Å². The van der Waals surface area contributed by atoms with Gasteiger partial charge >= 0.3 is 0 Å². The van der Waals surface area contributed by atoms with E-state index in [1.807, 2.05) is 43.3 Å². The van der Waals surface area contributed by atoms with E-state index in [1.165, 1.54) is 12.8 Å². The van der Waals surface area contributed by atoms with E-state index in [9.17, 15) is 8.78 Å². The molecule has 0 aromatic heterocycles. The summed E-state index contributed by atoms with van der Waals surface area (Å²) in [5, 5.41) is 0. The average Bonchev–Trinajstić information content (AvgIpc) is 3.07. The molecule has 0 aliphatic carbocycles. The van der Waals surface area contributed by atoms with E-state index in [2.05, 4.69) is 4.90 Å². The molecule has 1 aliphatic heterocycles. The number of ether oxygens (including phenoxy) is 1. The third-order valence-corrected chi connectivity index (χ3v) is 4.23. The summed E-state index contributed by atoms with van der Waals surface area (Å²) in [6.45, 7) is 6.52. The Bertz CT molecular complexity index is 502. The van der Waals surface area contributed by atoms with Crippen LogP contribution in [0, 0.1) is 0 Å². The van der Waals surface area contributed by atoms with E-state index in [4.69, 9.17) is 4.74 Å². The maximum atomic E-state index is 12.8. The molecule has 3 nitrogen and oxygen atoms in total. The Morgan fingerprint density at radius 1 is 1.25 bits per heavy atom. The molecule has 0 bridgehead atoms. The summed E-state index contributed by atoms with van der Waals surface area (Å²) in [5.74, 6) is 0.802. The number of halogens is 2. The molecule has 1 aromatic carbocycles. The summed E-state index contributed by atoms with van der Waals surface area (Å²) < 4.78 is 31.5. The van der Waals surface area contributed by atoms with Crippen molar-refractivity contribution in [2.75, 3.05) is 39.3 Å². The van der Waals surface area contributed by atoms with Gasteiger partial charge in [-0.25, -0.2) is 8.78 Å². The maximum absolute atomic E-state index is 12.8. The van der Waals surface area contributed by atoms with Gasteiger partial charge in [-0.2, -0.15) is 0 Å². The van der Waals surface area contributed by atoms with Crippen LogP contribution >= 0.6 is 0 Å². The average molecular weight is 338 g/mol. The number of rotatable bonds is 10. The van der Waals surface area contributed by atoms with Crippen LogP contribution < -0.4 is 4.74 Å². The fourth-order valence-electron chi connectivity index (χ4n) is 2.96. The summed E-state index contributed by atoms with van der Waals surface area (Å²) in [6, 6.07) is 7.74. The Morgan fingerprint density at radius 2 is 2.00 bits per heavy atom. The second kappa shape index (κ2) is 10.4. The topological polar surface area (TPSA) is 15.7 Å². The van der Waals surface area contributed by atoms with Gasteiger partial charge in [0.1, 0.15) is 12.4 Å². The van der Waals surface area contributed by atoms with Crippen molar-refractivity contribution in [3.63, 3.8) is 0 Å². The number of nitrogens with zero attached hydrogens (tertiary/aromatic N) is 2. The molecule has 134 valence electrons. The van der Waals surface area contributed by atoms with Crippen LogP contribution in [-0.4, -0.2) is 55.6 Å². The van der Waals surface area contributed by atoms with E-state index in [0.717, 1.165) is 30.9 Å². The van der Waals surface area contributed by atoms with Gasteiger partial charge < -0.3 is 4.74 Å². The Balaban J connectivity index is 1.92. The number of benzene rings is 1. The van der Waals surface area contributed by atoms with Crippen molar-refractivity contribution in [2.45, 2.75) is 32.7 Å². The van der Waals surface area contributed by atoms with Crippen LogP contribution in [0.15, 0.2) is 36.4 Å². The Morgan fingerprint density at radius 3 is 2.71 bits per heavy atom. The summed E-state index contributed by atoms with van der Waals surface area (Å²) >= 11 is 0. The fraction of sp³-hybridized carbons (Fsp3) is 0.579. The monoisotopic (exact) mass is 338 g/mol. The first-order valence-corrected chi connectivity index (χ1v) is 8.73. The van der Waals surface area contributed by atoms with E-state index in [-0.39, 0.29) is 6.54 Å². The van der Waals surface area contributed by atoms with E-state index < -0.39 is 6.43 Å². The molecule has 1 fully saturated rings. The molecule has 0 atom stereocenters. The first-order valence-electron chi connectivity index (χ1n) is 8.73. The second-order valence-electron chi connectivity index (χ2n) is 6.16. The first kappa shape index (κ1) is 18.9. The fourth-order valence-corrected chi connectivity index (χ4v) is 2.96. The number of hydrogen-bond donors (Lipinski definition) is 0. The minimum absolute atomic E-state index is 0.230. The zero-order chi connectivity index (χ0) is 17.2. The van der Waals surface area contributed by atoms with Gasteiger partial charge in [-0.3, -0.25) is 9.80 Å². The highest BCUT2D eigenvalue weighted by molar-refractivity contribution is 5.33. The Labute approximate surface area is 143 Å². The van der Waals surface area contributed by atoms with Gasteiger partial charge in [0.05, 0.1) is 6.54 Å². The van der Waals surface area contributed by atoms with Gasteiger partial charge in [-0.05, 0) is 38.9 Å². The van der Waals surface area contributed by atoms with Crippen molar-refractivity contribution in [1.82, 2.24) is 9.80 Å². The molecule has 2 rings (SSSR count). The lowest BCUT2D eigenvalue weighted by molar-refractivity contribution is 0.0899. The van der Waals surface area contributed by atoms with Crippen LogP contribution in [-0.2, 0) is 6.54 Å². The maximum Gasteiger partial charge on any atom is 0.251 e. The van der Waals surface area contributed by atoms with Crippen LogP contribution in [0.1, 0.15) is 25.3 Å². The lowest BCUT2D eigenvalue weighted by atomic mass is 10.2. The summed E-state index contributed by atoms with van der Waals surface area (Å²) in [5.41, 5.74) is 0.962. The summed E-state index contributed by atoms with van der Waals surface area (Å²) in [6.07, 6.45) is 3.99. The number of hydrogen-bond acceptors (Lipinski definition) is 3. The molecular weight excluding hydrogens is 310 g/mol. The van der Waals surface area contributed by atoms with Crippen LogP contribution in [0.4, 0.5) is 8.78 Å². The van der Waals surface area contributed by atoms with Crippen LogP contribution in [0.5, 0.6) is 5.75 Å². The van der Waals surface area contributed by atoms with Crippen molar-refractivity contribution in [3.05, 3.63) is 42.0 Å². The Hall–Kier alpha value is -1.46. The standard InChI is InChI=1S/C19H28F2N2O/c1-2-3-10-23(16-19(20)21)15-17-8-4-5-9-18(17)24-14-13-22-11-6-7-12-22/h2-5,8-9,19H,6-7,10-16H2,1H3/b3-2+. The SMILES string of the molecule is C/C=C/CN(Cc1ccccc1OCCN1CCCC1)CC(F)F. The molecule has 1 aromatic rings. The largest absolute Gasteiger partial charge is 0.492 e. The lowest BCUT2D eigenvalue weighted by Crippen LogP contribution is -2.29. The van der Waals surface area contributed by atoms with Gasteiger partial charge in [-0.15, -0.1) is 0 Å². The van der Waals surface area contributed by atoms with Crippen molar-refractivity contribution >= 4 is 0 Å². The molecule has 0 radical (unpaired) electrons. The van der Waals surface area contributed by atoms with Gasteiger partial charge in [0.25, 0.3) is 6.43 Å². The summed E-state index contributed by atoms with van der Waals surface area (Å²) in [7, 11) is 0. The van der Waals surface area contributed by atoms with Crippen LogP contribution in [0.25, 0.3) is 0 Å². The third kappa shape index (κ3) is 6.57. The molecule has 1 heterocycles.